The Morgan fingerprint density at radius 3 is 2.56 bits per heavy atom. The first kappa shape index (κ1) is 18.5. The van der Waals surface area contributed by atoms with Gasteiger partial charge in [0.2, 0.25) is 5.78 Å². The highest BCUT2D eigenvalue weighted by molar-refractivity contribution is 8.03. The Labute approximate surface area is 161 Å². The second-order valence-electron chi connectivity index (χ2n) is 5.62. The second-order valence-corrected chi connectivity index (χ2v) is 6.65. The summed E-state index contributed by atoms with van der Waals surface area (Å²) < 4.78 is 10.2. The van der Waals surface area contributed by atoms with Gasteiger partial charge in [-0.2, -0.15) is 5.26 Å². The van der Waals surface area contributed by atoms with Gasteiger partial charge in [-0.3, -0.25) is 4.79 Å². The van der Waals surface area contributed by atoms with Crippen molar-refractivity contribution in [3.8, 4) is 11.8 Å². The molecule has 0 bridgehead atoms. The van der Waals surface area contributed by atoms with E-state index in [2.05, 4.69) is 0 Å². The topological polar surface area (TPSA) is 79.6 Å². The molecule has 0 amide bonds. The zero-order valence-electron chi connectivity index (χ0n) is 14.8. The number of benzene rings is 2. The normalized spacial score (nSPS) is 14.2. The van der Waals surface area contributed by atoms with E-state index in [1.165, 1.54) is 18.9 Å². The number of esters is 1. The number of anilines is 1. The molecule has 136 valence electrons. The minimum atomic E-state index is -0.682. The summed E-state index contributed by atoms with van der Waals surface area (Å²) in [6.07, 6.45) is 0. The summed E-state index contributed by atoms with van der Waals surface area (Å²) in [6.45, 7) is -0.520. The summed E-state index contributed by atoms with van der Waals surface area (Å²) in [5, 5.41) is 10.0. The number of hydrogen-bond donors (Lipinski definition) is 0. The van der Waals surface area contributed by atoms with Gasteiger partial charge in [0.1, 0.15) is 28.0 Å². The first-order valence-corrected chi connectivity index (χ1v) is 8.86. The van der Waals surface area contributed by atoms with Crippen molar-refractivity contribution in [2.75, 3.05) is 25.7 Å². The van der Waals surface area contributed by atoms with Crippen molar-refractivity contribution >= 4 is 29.2 Å². The Hall–Kier alpha value is -3.24. The van der Waals surface area contributed by atoms with Gasteiger partial charge in [0.05, 0.1) is 12.8 Å². The van der Waals surface area contributed by atoms with Crippen LogP contribution >= 0.6 is 11.8 Å². The molecule has 7 heteroatoms. The van der Waals surface area contributed by atoms with Crippen LogP contribution in [-0.2, 0) is 9.53 Å². The van der Waals surface area contributed by atoms with Gasteiger partial charge in [0.15, 0.2) is 6.61 Å². The molecule has 1 aliphatic heterocycles. The standard InChI is InChI=1S/C20H16N2O4S/c1-22-15-8-4-6-10-18(15)27-19(22)14(11-21)16(23)12-26-20(24)13-7-3-5-9-17(13)25-2/h3-10H,12H2,1-2H3/b19-14-. The predicted octanol–water partition coefficient (Wildman–Crippen LogP) is 3.40. The van der Waals surface area contributed by atoms with E-state index in [0.717, 1.165) is 10.6 Å². The molecule has 1 heterocycles. The van der Waals surface area contributed by atoms with Crippen LogP contribution in [0.4, 0.5) is 5.69 Å². The van der Waals surface area contributed by atoms with E-state index >= 15 is 0 Å². The zero-order chi connectivity index (χ0) is 19.4. The number of hydrogen-bond acceptors (Lipinski definition) is 7. The molecule has 27 heavy (non-hydrogen) atoms. The third kappa shape index (κ3) is 3.66. The van der Waals surface area contributed by atoms with Crippen molar-refractivity contribution in [2.45, 2.75) is 4.90 Å². The summed E-state index contributed by atoms with van der Waals surface area (Å²) >= 11 is 1.34. The van der Waals surface area contributed by atoms with Gasteiger partial charge in [-0.05, 0) is 24.3 Å². The highest BCUT2D eigenvalue weighted by Gasteiger charge is 2.28. The minimum Gasteiger partial charge on any atom is -0.496 e. The maximum Gasteiger partial charge on any atom is 0.342 e. The molecule has 0 saturated carbocycles. The van der Waals surface area contributed by atoms with E-state index in [1.807, 2.05) is 30.3 Å². The molecule has 0 N–H and O–H groups in total. The van der Waals surface area contributed by atoms with Crippen molar-refractivity contribution in [1.82, 2.24) is 0 Å². The molecular formula is C20H16N2O4S. The molecule has 0 atom stereocenters. The van der Waals surface area contributed by atoms with Crippen LogP contribution in [0.3, 0.4) is 0 Å². The number of fused-ring (bicyclic) bond motifs is 1. The summed E-state index contributed by atoms with van der Waals surface area (Å²) in [7, 11) is 3.24. The number of thioether (sulfide) groups is 1. The van der Waals surface area contributed by atoms with Crippen LogP contribution in [0, 0.1) is 11.3 Å². The van der Waals surface area contributed by atoms with E-state index < -0.39 is 18.4 Å². The van der Waals surface area contributed by atoms with Crippen molar-refractivity contribution in [3.63, 3.8) is 0 Å². The average molecular weight is 380 g/mol. The van der Waals surface area contributed by atoms with Gasteiger partial charge in [-0.1, -0.05) is 36.0 Å². The summed E-state index contributed by atoms with van der Waals surface area (Å²) in [6, 6.07) is 16.1. The molecule has 6 nitrogen and oxygen atoms in total. The fourth-order valence-electron chi connectivity index (χ4n) is 2.65. The number of methoxy groups -OCH3 is 1. The fraction of sp³-hybridized carbons (Fsp3) is 0.150. The first-order chi connectivity index (χ1) is 13.1. The monoisotopic (exact) mass is 380 g/mol. The van der Waals surface area contributed by atoms with Gasteiger partial charge in [-0.25, -0.2) is 4.79 Å². The SMILES string of the molecule is COc1ccccc1C(=O)OCC(=O)/C(C#N)=C1\Sc2ccccc2N1C. The Morgan fingerprint density at radius 1 is 1.15 bits per heavy atom. The first-order valence-electron chi connectivity index (χ1n) is 8.05. The molecule has 2 aromatic carbocycles. The molecule has 0 aliphatic carbocycles. The van der Waals surface area contributed by atoms with Crippen molar-refractivity contribution in [3.05, 3.63) is 64.7 Å². The maximum atomic E-state index is 12.5. The molecule has 0 spiro atoms. The van der Waals surface area contributed by atoms with Crippen molar-refractivity contribution < 1.29 is 19.1 Å². The third-order valence-corrected chi connectivity index (χ3v) is 5.24. The highest BCUT2D eigenvalue weighted by Crippen LogP contribution is 2.46. The average Bonchev–Trinajstić information content (AvgIpc) is 3.03. The molecule has 0 saturated heterocycles. The van der Waals surface area contributed by atoms with Crippen LogP contribution in [0.5, 0.6) is 5.75 Å². The van der Waals surface area contributed by atoms with E-state index in [0.29, 0.717) is 10.8 Å². The number of carbonyl (C=O) groups is 2. The van der Waals surface area contributed by atoms with Gasteiger partial charge < -0.3 is 14.4 Å². The van der Waals surface area contributed by atoms with Gasteiger partial charge in [0.25, 0.3) is 0 Å². The van der Waals surface area contributed by atoms with Crippen LogP contribution in [0.15, 0.2) is 64.0 Å². The number of ether oxygens (including phenoxy) is 2. The molecule has 0 radical (unpaired) electrons. The van der Waals surface area contributed by atoms with Crippen LogP contribution in [0.25, 0.3) is 0 Å². The molecule has 1 aliphatic rings. The number of carbonyl (C=O) groups excluding carboxylic acids is 2. The lowest BCUT2D eigenvalue weighted by atomic mass is 10.2. The number of para-hydroxylation sites is 2. The van der Waals surface area contributed by atoms with Crippen LogP contribution < -0.4 is 9.64 Å². The Kier molecular flexibility index (Phi) is 5.48. The number of Topliss-reactive ketones (excluding diaryl/α,β-unsaturated/α-hetero) is 1. The molecule has 0 fully saturated rings. The molecule has 3 rings (SSSR count). The lowest BCUT2D eigenvalue weighted by molar-refractivity contribution is -0.118. The number of rotatable bonds is 5. The Bertz CT molecular complexity index is 978. The van der Waals surface area contributed by atoms with Crippen molar-refractivity contribution in [1.29, 1.82) is 5.26 Å². The van der Waals surface area contributed by atoms with Gasteiger partial charge in [0, 0.05) is 11.9 Å². The van der Waals surface area contributed by atoms with E-state index in [-0.39, 0.29) is 11.1 Å². The largest absolute Gasteiger partial charge is 0.496 e. The van der Waals surface area contributed by atoms with E-state index in [4.69, 9.17) is 9.47 Å². The van der Waals surface area contributed by atoms with Crippen LogP contribution in [0.2, 0.25) is 0 Å². The lowest BCUT2D eigenvalue weighted by Gasteiger charge is -2.14. The van der Waals surface area contributed by atoms with Crippen molar-refractivity contribution in [2.24, 2.45) is 0 Å². The zero-order valence-corrected chi connectivity index (χ0v) is 15.6. The number of nitriles is 1. The number of ketones is 1. The number of nitrogens with zero attached hydrogens (tertiary/aromatic N) is 2. The predicted molar refractivity (Wildman–Crippen MR) is 102 cm³/mol. The summed E-state index contributed by atoms with van der Waals surface area (Å²) in [5.74, 6) is -0.878. The minimum absolute atomic E-state index is 0.0356. The van der Waals surface area contributed by atoms with E-state index in [1.54, 1.807) is 36.2 Å². The molecule has 0 aromatic heterocycles. The molecular weight excluding hydrogens is 364 g/mol. The van der Waals surface area contributed by atoms with Crippen LogP contribution in [-0.4, -0.2) is 32.5 Å². The maximum absolute atomic E-state index is 12.5. The summed E-state index contributed by atoms with van der Waals surface area (Å²) in [4.78, 5) is 27.5. The van der Waals surface area contributed by atoms with Gasteiger partial charge in [-0.15, -0.1) is 0 Å². The fourth-order valence-corrected chi connectivity index (χ4v) is 3.81. The third-order valence-electron chi connectivity index (χ3n) is 4.00. The van der Waals surface area contributed by atoms with Crippen LogP contribution in [0.1, 0.15) is 10.4 Å². The lowest BCUT2D eigenvalue weighted by Crippen LogP contribution is -2.20. The summed E-state index contributed by atoms with van der Waals surface area (Å²) in [5.41, 5.74) is 1.11. The highest BCUT2D eigenvalue weighted by atomic mass is 32.2. The quantitative estimate of drug-likeness (QED) is 0.447. The van der Waals surface area contributed by atoms with Gasteiger partial charge >= 0.3 is 5.97 Å². The molecule has 2 aromatic rings. The smallest absolute Gasteiger partial charge is 0.342 e. The Balaban J connectivity index is 1.76. The van der Waals surface area contributed by atoms with E-state index in [9.17, 15) is 14.9 Å². The molecule has 0 unspecified atom stereocenters. The second kappa shape index (κ2) is 7.98. The Morgan fingerprint density at radius 2 is 1.85 bits per heavy atom.